The molecule has 0 spiro atoms. The van der Waals surface area contributed by atoms with Crippen molar-refractivity contribution in [1.29, 1.82) is 0 Å². The SMILES string of the molecule is CCCNC(=O)[C@@H](Cc1ccccc1)N(Cc1ccc(C)cc1)C(=O)CCCN(c1ccc2c(c1)OCO2)S(C)(=O)=O. The average molecular weight is 594 g/mol. The molecule has 0 saturated carbocycles. The second-order valence-electron chi connectivity index (χ2n) is 10.5. The summed E-state index contributed by atoms with van der Waals surface area (Å²) in [7, 11) is -3.64. The van der Waals surface area contributed by atoms with Gasteiger partial charge in [-0.1, -0.05) is 67.1 Å². The first-order valence-electron chi connectivity index (χ1n) is 14.2. The minimum atomic E-state index is -3.64. The van der Waals surface area contributed by atoms with E-state index in [0.717, 1.165) is 29.4 Å². The summed E-state index contributed by atoms with van der Waals surface area (Å²) in [6.45, 7) is 4.92. The zero-order chi connectivity index (χ0) is 30.1. The van der Waals surface area contributed by atoms with Crippen LogP contribution in [0.3, 0.4) is 0 Å². The number of rotatable bonds is 14. The number of nitrogens with zero attached hydrogens (tertiary/aromatic N) is 2. The molecule has 4 rings (SSSR count). The van der Waals surface area contributed by atoms with Crippen molar-refractivity contribution in [3.05, 3.63) is 89.5 Å². The van der Waals surface area contributed by atoms with Gasteiger partial charge in [-0.25, -0.2) is 8.42 Å². The van der Waals surface area contributed by atoms with E-state index in [1.165, 1.54) is 4.31 Å². The molecule has 0 aromatic heterocycles. The second kappa shape index (κ2) is 14.2. The van der Waals surface area contributed by atoms with Crippen LogP contribution in [0.4, 0.5) is 5.69 Å². The van der Waals surface area contributed by atoms with Gasteiger partial charge in [0.05, 0.1) is 11.9 Å². The van der Waals surface area contributed by atoms with Crippen molar-refractivity contribution in [3.8, 4) is 11.5 Å². The predicted octanol–water partition coefficient (Wildman–Crippen LogP) is 4.44. The quantitative estimate of drug-likeness (QED) is 0.297. The minimum absolute atomic E-state index is 0.0643. The molecule has 0 aliphatic carbocycles. The lowest BCUT2D eigenvalue weighted by Crippen LogP contribution is -2.50. The number of hydrogen-bond acceptors (Lipinski definition) is 6. The van der Waals surface area contributed by atoms with Gasteiger partial charge in [0.15, 0.2) is 11.5 Å². The van der Waals surface area contributed by atoms with Crippen LogP contribution in [-0.2, 0) is 32.6 Å². The van der Waals surface area contributed by atoms with Crippen LogP contribution in [0.5, 0.6) is 11.5 Å². The third-order valence-electron chi connectivity index (χ3n) is 7.09. The highest BCUT2D eigenvalue weighted by atomic mass is 32.2. The number of hydrogen-bond donors (Lipinski definition) is 1. The van der Waals surface area contributed by atoms with Gasteiger partial charge in [-0.2, -0.15) is 0 Å². The summed E-state index contributed by atoms with van der Waals surface area (Å²) in [5.41, 5.74) is 3.39. The monoisotopic (exact) mass is 593 g/mol. The van der Waals surface area contributed by atoms with E-state index < -0.39 is 16.1 Å². The number of amides is 2. The Balaban J connectivity index is 1.56. The van der Waals surface area contributed by atoms with E-state index >= 15 is 0 Å². The lowest BCUT2D eigenvalue weighted by atomic mass is 10.0. The van der Waals surface area contributed by atoms with Crippen LogP contribution in [-0.4, -0.2) is 57.3 Å². The van der Waals surface area contributed by atoms with Gasteiger partial charge < -0.3 is 19.7 Å². The molecular weight excluding hydrogens is 554 g/mol. The Labute approximate surface area is 248 Å². The number of ether oxygens (including phenoxy) is 2. The Morgan fingerprint density at radius 3 is 2.36 bits per heavy atom. The fraction of sp³-hybridized carbons (Fsp3) is 0.375. The van der Waals surface area contributed by atoms with Crippen LogP contribution in [0.25, 0.3) is 0 Å². The average Bonchev–Trinajstić information content (AvgIpc) is 3.44. The molecular formula is C32H39N3O6S. The van der Waals surface area contributed by atoms with E-state index in [9.17, 15) is 18.0 Å². The van der Waals surface area contributed by atoms with E-state index in [4.69, 9.17) is 9.47 Å². The molecule has 0 bridgehead atoms. The van der Waals surface area contributed by atoms with Crippen LogP contribution in [0, 0.1) is 6.92 Å². The molecule has 0 unspecified atom stereocenters. The van der Waals surface area contributed by atoms with Crippen molar-refractivity contribution in [2.75, 3.05) is 30.4 Å². The topological polar surface area (TPSA) is 105 Å². The molecule has 1 aliphatic heterocycles. The van der Waals surface area contributed by atoms with Gasteiger partial charge in [-0.05, 0) is 43.0 Å². The van der Waals surface area contributed by atoms with Crippen LogP contribution in [0.15, 0.2) is 72.8 Å². The number of benzene rings is 3. The normalized spacial score (nSPS) is 12.9. The van der Waals surface area contributed by atoms with Crippen LogP contribution < -0.4 is 19.1 Å². The predicted molar refractivity (Wildman–Crippen MR) is 163 cm³/mol. The Bertz CT molecular complexity index is 1460. The summed E-state index contributed by atoms with van der Waals surface area (Å²) in [6.07, 6.45) is 2.60. The largest absolute Gasteiger partial charge is 0.454 e. The van der Waals surface area contributed by atoms with E-state index in [1.54, 1.807) is 23.1 Å². The van der Waals surface area contributed by atoms with E-state index in [2.05, 4.69) is 5.32 Å². The van der Waals surface area contributed by atoms with Gasteiger partial charge in [-0.15, -0.1) is 0 Å². The number of nitrogens with one attached hydrogen (secondary N) is 1. The molecule has 1 N–H and O–H groups in total. The van der Waals surface area contributed by atoms with Gasteiger partial charge in [0.25, 0.3) is 0 Å². The molecule has 1 atom stereocenters. The van der Waals surface area contributed by atoms with Crippen molar-refractivity contribution in [3.63, 3.8) is 0 Å². The number of sulfonamides is 1. The molecule has 2 amide bonds. The highest BCUT2D eigenvalue weighted by Crippen LogP contribution is 2.36. The summed E-state index contributed by atoms with van der Waals surface area (Å²) in [6, 6.07) is 21.8. The van der Waals surface area contributed by atoms with Gasteiger partial charge in [-0.3, -0.25) is 13.9 Å². The van der Waals surface area contributed by atoms with Crippen molar-refractivity contribution in [1.82, 2.24) is 10.2 Å². The lowest BCUT2D eigenvalue weighted by Gasteiger charge is -2.32. The molecule has 42 heavy (non-hydrogen) atoms. The summed E-state index contributed by atoms with van der Waals surface area (Å²) in [5, 5.41) is 2.98. The summed E-state index contributed by atoms with van der Waals surface area (Å²) in [5.74, 6) is 0.602. The Morgan fingerprint density at radius 1 is 0.952 bits per heavy atom. The summed E-state index contributed by atoms with van der Waals surface area (Å²) in [4.78, 5) is 29.0. The molecule has 3 aromatic rings. The van der Waals surface area contributed by atoms with Crippen molar-refractivity contribution in [2.24, 2.45) is 0 Å². The molecule has 1 heterocycles. The Hall–Kier alpha value is -4.05. The summed E-state index contributed by atoms with van der Waals surface area (Å²) < 4.78 is 37.5. The zero-order valence-corrected chi connectivity index (χ0v) is 25.2. The number of carbonyl (C=O) groups is 2. The maximum absolute atomic E-state index is 13.9. The third kappa shape index (κ3) is 8.25. The molecule has 224 valence electrons. The van der Waals surface area contributed by atoms with E-state index in [-0.39, 0.29) is 44.5 Å². The maximum atomic E-state index is 13.9. The molecule has 0 fully saturated rings. The van der Waals surface area contributed by atoms with Gasteiger partial charge in [0.1, 0.15) is 6.04 Å². The Morgan fingerprint density at radius 2 is 1.67 bits per heavy atom. The molecule has 1 aliphatic rings. The maximum Gasteiger partial charge on any atom is 0.243 e. The van der Waals surface area contributed by atoms with Gasteiger partial charge in [0.2, 0.25) is 28.6 Å². The molecule has 9 nitrogen and oxygen atoms in total. The van der Waals surface area contributed by atoms with Gasteiger partial charge in [0, 0.05) is 38.5 Å². The molecule has 0 saturated heterocycles. The first-order chi connectivity index (χ1) is 20.2. The molecule has 10 heteroatoms. The van der Waals surface area contributed by atoms with E-state index in [0.29, 0.717) is 30.2 Å². The third-order valence-corrected chi connectivity index (χ3v) is 8.28. The molecule has 3 aromatic carbocycles. The van der Waals surface area contributed by atoms with Crippen molar-refractivity contribution in [2.45, 2.75) is 52.1 Å². The summed E-state index contributed by atoms with van der Waals surface area (Å²) >= 11 is 0. The smallest absolute Gasteiger partial charge is 0.243 e. The van der Waals surface area contributed by atoms with Crippen LogP contribution in [0.2, 0.25) is 0 Å². The zero-order valence-electron chi connectivity index (χ0n) is 24.4. The number of fused-ring (bicyclic) bond motifs is 1. The number of carbonyl (C=O) groups excluding carboxylic acids is 2. The number of anilines is 1. The highest BCUT2D eigenvalue weighted by Gasteiger charge is 2.30. The lowest BCUT2D eigenvalue weighted by molar-refractivity contribution is -0.141. The van der Waals surface area contributed by atoms with Crippen LogP contribution >= 0.6 is 0 Å². The first-order valence-corrected chi connectivity index (χ1v) is 16.0. The van der Waals surface area contributed by atoms with Crippen molar-refractivity contribution >= 4 is 27.5 Å². The fourth-order valence-electron chi connectivity index (χ4n) is 4.85. The Kier molecular flexibility index (Phi) is 10.5. The molecule has 0 radical (unpaired) electrons. The van der Waals surface area contributed by atoms with Crippen LogP contribution in [0.1, 0.15) is 42.9 Å². The second-order valence-corrected chi connectivity index (χ2v) is 12.4. The number of aryl methyl sites for hydroxylation is 1. The van der Waals surface area contributed by atoms with Gasteiger partial charge >= 0.3 is 0 Å². The minimum Gasteiger partial charge on any atom is -0.454 e. The fourth-order valence-corrected chi connectivity index (χ4v) is 5.81. The standard InChI is InChI=1S/C32H39N3O6S/c1-4-18-33-32(37)28(20-25-9-6-5-7-10-25)34(22-26-14-12-24(2)13-15-26)31(36)11-8-19-35(42(3,38)39)27-16-17-29-30(21-27)41-23-40-29/h5-7,9-10,12-17,21,28H,4,8,11,18-20,22-23H2,1-3H3,(H,33,37)/t28-/m1/s1. The van der Waals surface area contributed by atoms with E-state index in [1.807, 2.05) is 68.4 Å². The van der Waals surface area contributed by atoms with Crippen molar-refractivity contribution < 1.29 is 27.5 Å². The highest BCUT2D eigenvalue weighted by molar-refractivity contribution is 7.92. The first kappa shape index (κ1) is 30.9.